The summed E-state index contributed by atoms with van der Waals surface area (Å²) < 4.78 is 0.971. The Labute approximate surface area is 175 Å². The van der Waals surface area contributed by atoms with E-state index in [2.05, 4.69) is 35.8 Å². The topological polar surface area (TPSA) is 70.1 Å². The number of nitrogens with zero attached hydrogens (tertiary/aromatic N) is 2. The molecule has 5 heteroatoms. The summed E-state index contributed by atoms with van der Waals surface area (Å²) in [5, 5.41) is 9.93. The fraction of sp³-hybridized carbons (Fsp3) is 0.391. The monoisotopic (exact) mass is 439 g/mol. The molecule has 1 aliphatic rings. The lowest BCUT2D eigenvalue weighted by molar-refractivity contribution is -0.137. The van der Waals surface area contributed by atoms with E-state index in [-0.39, 0.29) is 11.9 Å². The second-order valence-corrected chi connectivity index (χ2v) is 8.87. The number of benzene rings is 2. The first-order valence-corrected chi connectivity index (χ1v) is 10.5. The second kappa shape index (κ2) is 8.46. The van der Waals surface area contributed by atoms with Crippen LogP contribution in [-0.2, 0) is 4.79 Å². The van der Waals surface area contributed by atoms with E-state index in [1.165, 1.54) is 0 Å². The number of hydrogen-bond acceptors (Lipinski definition) is 3. The Bertz CT molecular complexity index is 854. The Kier molecular flexibility index (Phi) is 6.22. The van der Waals surface area contributed by atoms with E-state index in [9.17, 15) is 10.1 Å². The smallest absolute Gasteiger partial charge is 0.241 e. The van der Waals surface area contributed by atoms with Gasteiger partial charge >= 0.3 is 0 Å². The average Bonchev–Trinajstić information content (AvgIpc) is 3.47. The first-order chi connectivity index (χ1) is 13.4. The summed E-state index contributed by atoms with van der Waals surface area (Å²) in [7, 11) is 0. The zero-order chi connectivity index (χ0) is 20.3. The molecule has 0 bridgehead atoms. The van der Waals surface area contributed by atoms with Crippen LogP contribution in [0, 0.1) is 17.2 Å². The van der Waals surface area contributed by atoms with Crippen LogP contribution in [0.1, 0.15) is 50.3 Å². The Morgan fingerprint density at radius 3 is 2.21 bits per heavy atom. The molecule has 2 atom stereocenters. The molecule has 3 rings (SSSR count). The van der Waals surface area contributed by atoms with E-state index in [0.29, 0.717) is 25.2 Å². The van der Waals surface area contributed by atoms with E-state index >= 15 is 0 Å². The van der Waals surface area contributed by atoms with Crippen LogP contribution in [0.15, 0.2) is 59.1 Å². The number of halogens is 1. The van der Waals surface area contributed by atoms with Crippen LogP contribution in [0.4, 0.5) is 0 Å². The van der Waals surface area contributed by atoms with E-state index in [4.69, 9.17) is 5.73 Å². The molecule has 2 aromatic carbocycles. The third kappa shape index (κ3) is 4.29. The van der Waals surface area contributed by atoms with Crippen LogP contribution >= 0.6 is 15.9 Å². The molecule has 146 valence electrons. The first kappa shape index (κ1) is 20.6. The summed E-state index contributed by atoms with van der Waals surface area (Å²) in [4.78, 5) is 15.3. The maximum atomic E-state index is 13.5. The molecule has 1 amide bonds. The Morgan fingerprint density at radius 2 is 1.71 bits per heavy atom. The molecule has 0 saturated heterocycles. The van der Waals surface area contributed by atoms with Crippen LogP contribution in [0.2, 0.25) is 0 Å². The molecule has 0 aromatic heterocycles. The van der Waals surface area contributed by atoms with Crippen LogP contribution < -0.4 is 5.73 Å². The van der Waals surface area contributed by atoms with Crippen LogP contribution in [0.3, 0.4) is 0 Å². The Morgan fingerprint density at radius 1 is 1.14 bits per heavy atom. The third-order valence-electron chi connectivity index (χ3n) is 5.23. The van der Waals surface area contributed by atoms with Crippen molar-refractivity contribution in [1.29, 1.82) is 5.26 Å². The summed E-state index contributed by atoms with van der Waals surface area (Å²) in [6.45, 7) is 4.11. The first-order valence-electron chi connectivity index (χ1n) is 9.68. The van der Waals surface area contributed by atoms with Crippen molar-refractivity contribution in [3.8, 4) is 6.07 Å². The molecule has 2 N–H and O–H groups in total. The molecule has 1 fully saturated rings. The molecular weight excluding hydrogens is 414 g/mol. The zero-order valence-corrected chi connectivity index (χ0v) is 17.9. The fourth-order valence-electron chi connectivity index (χ4n) is 3.67. The molecule has 0 heterocycles. The molecule has 4 nitrogen and oxygen atoms in total. The lowest BCUT2D eigenvalue weighted by Gasteiger charge is -2.38. The van der Waals surface area contributed by atoms with Gasteiger partial charge in [-0.1, -0.05) is 72.2 Å². The molecule has 0 spiro atoms. The number of carbonyl (C=O) groups excluding carboxylic acids is 1. The number of nitrogens with two attached hydrogens (primary N) is 1. The standard InChI is InChI=1S/C23H26BrN3O/c1-16(2)14-20(26)22(28)27(23(15-25)12-13-23)21(17-6-4-3-5-7-17)18-8-10-19(24)11-9-18/h3-11,16,20-21H,12-14,26H2,1-2H3/t20-,21?/m0/s1. The van der Waals surface area contributed by atoms with Crippen LogP contribution in [-0.4, -0.2) is 22.4 Å². The summed E-state index contributed by atoms with van der Waals surface area (Å²) in [5.74, 6) is 0.158. The van der Waals surface area contributed by atoms with E-state index in [0.717, 1.165) is 15.6 Å². The van der Waals surface area contributed by atoms with Crippen LogP contribution in [0.25, 0.3) is 0 Å². The highest BCUT2D eigenvalue weighted by atomic mass is 79.9. The van der Waals surface area contributed by atoms with Gasteiger partial charge in [0.2, 0.25) is 5.91 Å². The van der Waals surface area contributed by atoms with Crippen molar-refractivity contribution in [3.63, 3.8) is 0 Å². The summed E-state index contributed by atoms with van der Waals surface area (Å²) in [6.07, 6.45) is 1.96. The van der Waals surface area contributed by atoms with Gasteiger partial charge in [-0.2, -0.15) is 5.26 Å². The third-order valence-corrected chi connectivity index (χ3v) is 5.76. The quantitative estimate of drug-likeness (QED) is 0.673. The van der Waals surface area contributed by atoms with Gasteiger partial charge in [-0.15, -0.1) is 0 Å². The van der Waals surface area contributed by atoms with Gasteiger partial charge in [0.05, 0.1) is 18.2 Å². The minimum Gasteiger partial charge on any atom is -0.320 e. The van der Waals surface area contributed by atoms with Gasteiger partial charge in [0.15, 0.2) is 0 Å². The predicted molar refractivity (Wildman–Crippen MR) is 114 cm³/mol. The molecular formula is C23H26BrN3O. The van der Waals surface area contributed by atoms with Crippen molar-refractivity contribution in [2.75, 3.05) is 0 Å². The highest BCUT2D eigenvalue weighted by molar-refractivity contribution is 9.10. The lowest BCUT2D eigenvalue weighted by Crippen LogP contribution is -2.51. The van der Waals surface area contributed by atoms with Crippen molar-refractivity contribution >= 4 is 21.8 Å². The van der Waals surface area contributed by atoms with Crippen molar-refractivity contribution < 1.29 is 4.79 Å². The number of rotatable bonds is 7. The minimum atomic E-state index is -0.779. The lowest BCUT2D eigenvalue weighted by atomic mass is 9.93. The average molecular weight is 440 g/mol. The van der Waals surface area contributed by atoms with E-state index in [1.54, 1.807) is 4.90 Å². The van der Waals surface area contributed by atoms with Crippen molar-refractivity contribution in [1.82, 2.24) is 4.90 Å². The highest BCUT2D eigenvalue weighted by Gasteiger charge is 2.54. The molecule has 28 heavy (non-hydrogen) atoms. The number of carbonyl (C=O) groups is 1. The maximum absolute atomic E-state index is 13.5. The minimum absolute atomic E-state index is 0.149. The summed E-state index contributed by atoms with van der Waals surface area (Å²) in [6, 6.07) is 19.3. The van der Waals surface area contributed by atoms with Gasteiger partial charge in [0, 0.05) is 4.47 Å². The number of hydrogen-bond donors (Lipinski definition) is 1. The van der Waals surface area contributed by atoms with Gasteiger partial charge in [0.1, 0.15) is 5.54 Å². The Hall–Kier alpha value is -2.16. The normalized spacial score (nSPS) is 16.9. The largest absolute Gasteiger partial charge is 0.320 e. The number of nitriles is 1. The molecule has 1 unspecified atom stereocenters. The molecule has 2 aromatic rings. The molecule has 1 saturated carbocycles. The van der Waals surface area contributed by atoms with Gasteiger partial charge in [-0.3, -0.25) is 4.79 Å². The zero-order valence-electron chi connectivity index (χ0n) is 16.3. The van der Waals surface area contributed by atoms with E-state index in [1.807, 2.05) is 54.6 Å². The summed E-state index contributed by atoms with van der Waals surface area (Å²) in [5.41, 5.74) is 7.49. The van der Waals surface area contributed by atoms with Crippen LogP contribution in [0.5, 0.6) is 0 Å². The van der Waals surface area contributed by atoms with Crippen molar-refractivity contribution in [3.05, 3.63) is 70.2 Å². The SMILES string of the molecule is CC(C)C[C@H](N)C(=O)N(C(c1ccccc1)c1ccc(Br)cc1)C1(C#N)CC1. The van der Waals surface area contributed by atoms with Gasteiger partial charge < -0.3 is 10.6 Å². The van der Waals surface area contributed by atoms with Crippen molar-refractivity contribution in [2.45, 2.75) is 50.7 Å². The van der Waals surface area contributed by atoms with Gasteiger partial charge in [0.25, 0.3) is 0 Å². The van der Waals surface area contributed by atoms with Crippen molar-refractivity contribution in [2.24, 2.45) is 11.7 Å². The second-order valence-electron chi connectivity index (χ2n) is 7.95. The maximum Gasteiger partial charge on any atom is 0.241 e. The molecule has 0 aliphatic heterocycles. The molecule has 0 radical (unpaired) electrons. The van der Waals surface area contributed by atoms with Gasteiger partial charge in [-0.25, -0.2) is 0 Å². The molecule has 1 aliphatic carbocycles. The highest BCUT2D eigenvalue weighted by Crippen LogP contribution is 2.47. The number of amides is 1. The van der Waals surface area contributed by atoms with Gasteiger partial charge in [-0.05, 0) is 48.4 Å². The van der Waals surface area contributed by atoms with E-state index < -0.39 is 11.6 Å². The Balaban J connectivity index is 2.11. The summed E-state index contributed by atoms with van der Waals surface area (Å²) >= 11 is 3.48. The predicted octanol–water partition coefficient (Wildman–Crippen LogP) is 4.80. The fourth-order valence-corrected chi connectivity index (χ4v) is 3.93.